The summed E-state index contributed by atoms with van der Waals surface area (Å²) in [6.07, 6.45) is -0.238. The van der Waals surface area contributed by atoms with Gasteiger partial charge in [-0.25, -0.2) is 9.97 Å². The Morgan fingerprint density at radius 2 is 1.97 bits per heavy atom. The minimum atomic E-state index is -4.38. The quantitative estimate of drug-likeness (QED) is 0.532. The SMILES string of the molecule is CCCn1cnc2nc(-c3ccc(Cc4cccc(C(F)(F)F)c4)nc3)[nH]c2c1=O. The standard InChI is InChI=1S/C21H18F3N5O/c1-2-8-29-12-26-19-17(20(29)30)27-18(28-19)14-6-7-16(25-11-14)10-13-4-3-5-15(9-13)21(22,23)24/h3-7,9,11-12H,2,8,10H2,1H3,(H,27,28). The number of nitrogens with zero attached hydrogens (tertiary/aromatic N) is 4. The van der Waals surface area contributed by atoms with Gasteiger partial charge in [-0.05, 0) is 30.2 Å². The van der Waals surface area contributed by atoms with Gasteiger partial charge in [0.05, 0.1) is 5.56 Å². The highest BCUT2D eigenvalue weighted by Crippen LogP contribution is 2.30. The van der Waals surface area contributed by atoms with Gasteiger partial charge < -0.3 is 4.98 Å². The molecule has 0 amide bonds. The van der Waals surface area contributed by atoms with E-state index in [1.54, 1.807) is 24.4 Å². The van der Waals surface area contributed by atoms with E-state index in [1.807, 2.05) is 6.92 Å². The molecule has 3 aromatic heterocycles. The third-order valence-corrected chi connectivity index (χ3v) is 4.68. The average molecular weight is 413 g/mol. The van der Waals surface area contributed by atoms with Gasteiger partial charge in [0.1, 0.15) is 12.2 Å². The van der Waals surface area contributed by atoms with E-state index in [2.05, 4.69) is 19.9 Å². The second-order valence-electron chi connectivity index (χ2n) is 6.94. The lowest BCUT2D eigenvalue weighted by Gasteiger charge is -2.08. The molecule has 0 fully saturated rings. The van der Waals surface area contributed by atoms with Gasteiger partial charge in [-0.1, -0.05) is 25.1 Å². The number of halogens is 3. The van der Waals surface area contributed by atoms with Crippen molar-refractivity contribution in [3.63, 3.8) is 0 Å². The Bertz CT molecular complexity index is 1240. The lowest BCUT2D eigenvalue weighted by atomic mass is 10.1. The predicted octanol–water partition coefficient (Wildman–Crippen LogP) is 4.20. The molecule has 0 radical (unpaired) electrons. The van der Waals surface area contributed by atoms with E-state index in [4.69, 9.17) is 0 Å². The number of rotatable bonds is 5. The minimum absolute atomic E-state index is 0.185. The highest BCUT2D eigenvalue weighted by molar-refractivity contribution is 5.74. The number of benzene rings is 1. The molecule has 0 bridgehead atoms. The summed E-state index contributed by atoms with van der Waals surface area (Å²) in [5, 5.41) is 0. The zero-order valence-electron chi connectivity index (χ0n) is 16.1. The molecule has 0 aliphatic rings. The number of hydrogen-bond acceptors (Lipinski definition) is 4. The molecule has 0 spiro atoms. The number of aromatic nitrogens is 5. The Balaban J connectivity index is 1.58. The fourth-order valence-corrected chi connectivity index (χ4v) is 3.20. The van der Waals surface area contributed by atoms with Crippen LogP contribution < -0.4 is 5.56 Å². The molecule has 1 aromatic carbocycles. The van der Waals surface area contributed by atoms with Crippen molar-refractivity contribution in [2.75, 3.05) is 0 Å². The molecule has 4 aromatic rings. The van der Waals surface area contributed by atoms with Gasteiger partial charge >= 0.3 is 6.18 Å². The van der Waals surface area contributed by atoms with E-state index in [0.29, 0.717) is 40.4 Å². The highest BCUT2D eigenvalue weighted by Gasteiger charge is 2.30. The number of aryl methyl sites for hydroxylation is 1. The molecule has 3 heterocycles. The second kappa shape index (κ2) is 7.74. The van der Waals surface area contributed by atoms with Crippen LogP contribution in [-0.2, 0) is 19.1 Å². The number of pyridine rings is 1. The Hall–Kier alpha value is -3.49. The molecule has 1 N–H and O–H groups in total. The Morgan fingerprint density at radius 1 is 1.13 bits per heavy atom. The van der Waals surface area contributed by atoms with Crippen molar-refractivity contribution in [1.82, 2.24) is 24.5 Å². The summed E-state index contributed by atoms with van der Waals surface area (Å²) in [6.45, 7) is 2.55. The lowest BCUT2D eigenvalue weighted by molar-refractivity contribution is -0.137. The van der Waals surface area contributed by atoms with Crippen LogP contribution in [0.1, 0.15) is 30.2 Å². The van der Waals surface area contributed by atoms with E-state index in [9.17, 15) is 18.0 Å². The topological polar surface area (TPSA) is 76.5 Å². The Kier molecular flexibility index (Phi) is 5.11. The van der Waals surface area contributed by atoms with E-state index in [1.165, 1.54) is 17.0 Å². The summed E-state index contributed by atoms with van der Waals surface area (Å²) < 4.78 is 40.2. The van der Waals surface area contributed by atoms with Crippen LogP contribution in [0.5, 0.6) is 0 Å². The van der Waals surface area contributed by atoms with Crippen LogP contribution >= 0.6 is 0 Å². The average Bonchev–Trinajstić information content (AvgIpc) is 3.16. The third kappa shape index (κ3) is 3.96. The van der Waals surface area contributed by atoms with Crippen molar-refractivity contribution in [3.05, 3.63) is 76.1 Å². The van der Waals surface area contributed by atoms with Crippen LogP contribution in [0.25, 0.3) is 22.6 Å². The lowest BCUT2D eigenvalue weighted by Crippen LogP contribution is -2.20. The summed E-state index contributed by atoms with van der Waals surface area (Å²) in [5.74, 6) is 0.460. The van der Waals surface area contributed by atoms with Gasteiger partial charge in [0.25, 0.3) is 5.56 Å². The zero-order valence-corrected chi connectivity index (χ0v) is 16.1. The van der Waals surface area contributed by atoms with E-state index in [0.717, 1.165) is 18.6 Å². The smallest absolute Gasteiger partial charge is 0.332 e. The first-order valence-electron chi connectivity index (χ1n) is 9.41. The molecule has 4 rings (SSSR count). The van der Waals surface area contributed by atoms with E-state index >= 15 is 0 Å². The molecule has 0 saturated heterocycles. The number of fused-ring (bicyclic) bond motifs is 1. The molecule has 9 heteroatoms. The monoisotopic (exact) mass is 413 g/mol. The number of hydrogen-bond donors (Lipinski definition) is 1. The van der Waals surface area contributed by atoms with Gasteiger partial charge in [0.2, 0.25) is 0 Å². The maximum Gasteiger partial charge on any atom is 0.416 e. The van der Waals surface area contributed by atoms with Crippen LogP contribution in [0.3, 0.4) is 0 Å². The van der Waals surface area contributed by atoms with Crippen LogP contribution in [-0.4, -0.2) is 24.5 Å². The van der Waals surface area contributed by atoms with E-state index in [-0.39, 0.29) is 12.0 Å². The fourth-order valence-electron chi connectivity index (χ4n) is 3.20. The maximum atomic E-state index is 12.9. The maximum absolute atomic E-state index is 12.9. The normalized spacial score (nSPS) is 11.9. The molecule has 0 saturated carbocycles. The van der Waals surface area contributed by atoms with Crippen molar-refractivity contribution in [1.29, 1.82) is 0 Å². The van der Waals surface area contributed by atoms with Gasteiger partial charge in [0.15, 0.2) is 11.2 Å². The molecule has 0 unspecified atom stereocenters. The molecule has 154 valence electrons. The molecular formula is C21H18F3N5O. The molecular weight excluding hydrogens is 395 g/mol. The fraction of sp³-hybridized carbons (Fsp3) is 0.238. The summed E-state index contributed by atoms with van der Waals surface area (Å²) in [4.78, 5) is 28.4. The van der Waals surface area contributed by atoms with Gasteiger partial charge in [-0.2, -0.15) is 13.2 Å². The number of nitrogens with one attached hydrogen (secondary N) is 1. The van der Waals surface area contributed by atoms with Crippen molar-refractivity contribution in [2.24, 2.45) is 0 Å². The summed E-state index contributed by atoms with van der Waals surface area (Å²) >= 11 is 0. The summed E-state index contributed by atoms with van der Waals surface area (Å²) in [5.41, 5.74) is 1.59. The number of H-pyrrole nitrogens is 1. The van der Waals surface area contributed by atoms with Crippen molar-refractivity contribution in [2.45, 2.75) is 32.5 Å². The molecule has 0 aliphatic carbocycles. The van der Waals surface area contributed by atoms with Crippen LogP contribution in [0, 0.1) is 0 Å². The second-order valence-corrected chi connectivity index (χ2v) is 6.94. The minimum Gasteiger partial charge on any atom is -0.332 e. The van der Waals surface area contributed by atoms with Crippen molar-refractivity contribution in [3.8, 4) is 11.4 Å². The summed E-state index contributed by atoms with van der Waals surface area (Å²) in [7, 11) is 0. The van der Waals surface area contributed by atoms with Crippen LogP contribution in [0.2, 0.25) is 0 Å². The molecule has 6 nitrogen and oxygen atoms in total. The first-order chi connectivity index (χ1) is 14.3. The van der Waals surface area contributed by atoms with Crippen molar-refractivity contribution >= 4 is 11.2 Å². The predicted molar refractivity (Wildman–Crippen MR) is 106 cm³/mol. The van der Waals surface area contributed by atoms with Gasteiger partial charge in [-0.3, -0.25) is 14.3 Å². The number of imidazole rings is 1. The van der Waals surface area contributed by atoms with Gasteiger partial charge in [-0.15, -0.1) is 0 Å². The highest BCUT2D eigenvalue weighted by atomic mass is 19.4. The zero-order chi connectivity index (χ0) is 21.3. The molecule has 30 heavy (non-hydrogen) atoms. The largest absolute Gasteiger partial charge is 0.416 e. The van der Waals surface area contributed by atoms with Crippen LogP contribution in [0.4, 0.5) is 13.2 Å². The third-order valence-electron chi connectivity index (χ3n) is 4.68. The molecule has 0 aliphatic heterocycles. The first kappa shape index (κ1) is 19.8. The van der Waals surface area contributed by atoms with Gasteiger partial charge in [0, 0.05) is 30.4 Å². The number of alkyl halides is 3. The molecule has 0 atom stereocenters. The first-order valence-corrected chi connectivity index (χ1v) is 9.41. The Labute approximate surface area is 169 Å². The van der Waals surface area contributed by atoms with E-state index < -0.39 is 11.7 Å². The number of aromatic amines is 1. The van der Waals surface area contributed by atoms with Crippen LogP contribution in [0.15, 0.2) is 53.7 Å². The summed E-state index contributed by atoms with van der Waals surface area (Å²) in [6, 6.07) is 8.69. The van der Waals surface area contributed by atoms with Crippen molar-refractivity contribution < 1.29 is 13.2 Å². The Morgan fingerprint density at radius 3 is 2.67 bits per heavy atom.